The first-order valence-corrected chi connectivity index (χ1v) is 6.48. The number of allylic oxidation sites excluding steroid dienone is 2. The van der Waals surface area contributed by atoms with E-state index in [1.807, 2.05) is 0 Å². The molecule has 0 aromatic heterocycles. The molecule has 0 spiro atoms. The lowest BCUT2D eigenvalue weighted by Crippen LogP contribution is -2.42. The first-order valence-electron chi connectivity index (χ1n) is 4.55. The molecule has 78 valence electrons. The minimum absolute atomic E-state index is 0.747. The Morgan fingerprint density at radius 1 is 1.00 bits per heavy atom. The Bertz CT molecular complexity index is 136. The summed E-state index contributed by atoms with van der Waals surface area (Å²) >= 11 is 0. The maximum absolute atomic E-state index is 5.26. The Balaban J connectivity index is 3.94. The van der Waals surface area contributed by atoms with Gasteiger partial charge in [-0.3, -0.25) is 0 Å². The van der Waals surface area contributed by atoms with Gasteiger partial charge in [0.25, 0.3) is 0 Å². The molecule has 0 saturated carbocycles. The van der Waals surface area contributed by atoms with E-state index in [4.69, 9.17) is 13.3 Å². The van der Waals surface area contributed by atoms with E-state index in [0.29, 0.717) is 0 Å². The zero-order valence-electron chi connectivity index (χ0n) is 9.00. The van der Waals surface area contributed by atoms with E-state index < -0.39 is 8.80 Å². The number of rotatable bonds is 7. The van der Waals surface area contributed by atoms with Crippen LogP contribution in [0.25, 0.3) is 0 Å². The summed E-state index contributed by atoms with van der Waals surface area (Å²) in [6.45, 7) is 2.15. The number of hydrogen-bond acceptors (Lipinski definition) is 3. The molecule has 0 fully saturated rings. The average Bonchev–Trinajstić information content (AvgIpc) is 2.20. The van der Waals surface area contributed by atoms with Gasteiger partial charge in [0.05, 0.1) is 0 Å². The molecule has 0 bridgehead atoms. The van der Waals surface area contributed by atoms with Gasteiger partial charge in [0, 0.05) is 27.4 Å². The summed E-state index contributed by atoms with van der Waals surface area (Å²) < 4.78 is 15.8. The van der Waals surface area contributed by atoms with Gasteiger partial charge < -0.3 is 13.3 Å². The largest absolute Gasteiger partial charge is 0.504 e. The van der Waals surface area contributed by atoms with Crippen LogP contribution in [0.1, 0.15) is 19.8 Å². The molecule has 0 radical (unpaired) electrons. The van der Waals surface area contributed by atoms with Crippen molar-refractivity contribution in [2.75, 3.05) is 21.3 Å². The van der Waals surface area contributed by atoms with Gasteiger partial charge in [0.15, 0.2) is 0 Å². The summed E-state index contributed by atoms with van der Waals surface area (Å²) in [6.07, 6.45) is 6.48. The highest BCUT2D eigenvalue weighted by Crippen LogP contribution is 2.13. The predicted molar refractivity (Wildman–Crippen MR) is 55.6 cm³/mol. The van der Waals surface area contributed by atoms with Gasteiger partial charge in [-0.2, -0.15) is 0 Å². The lowest BCUT2D eigenvalue weighted by molar-refractivity contribution is 0.127. The molecule has 0 unspecified atom stereocenters. The van der Waals surface area contributed by atoms with Crippen LogP contribution in [-0.2, 0) is 13.3 Å². The third kappa shape index (κ3) is 4.57. The third-order valence-electron chi connectivity index (χ3n) is 1.92. The van der Waals surface area contributed by atoms with Gasteiger partial charge >= 0.3 is 8.80 Å². The van der Waals surface area contributed by atoms with Crippen LogP contribution in [0.2, 0.25) is 6.04 Å². The summed E-state index contributed by atoms with van der Waals surface area (Å²) in [5.74, 6) is 0. The van der Waals surface area contributed by atoms with Crippen molar-refractivity contribution in [2.45, 2.75) is 25.8 Å². The lowest BCUT2D eigenvalue weighted by Gasteiger charge is -2.22. The second-order valence-electron chi connectivity index (χ2n) is 2.76. The van der Waals surface area contributed by atoms with Crippen LogP contribution in [-0.4, -0.2) is 30.1 Å². The first kappa shape index (κ1) is 12.8. The van der Waals surface area contributed by atoms with Crippen molar-refractivity contribution in [2.24, 2.45) is 0 Å². The molecule has 3 nitrogen and oxygen atoms in total. The molecule has 0 amide bonds. The SMILES string of the molecule is CCC/C=C/C[Si](OC)(OC)OC. The molecule has 0 aromatic carbocycles. The first-order chi connectivity index (χ1) is 6.24. The molecular formula is C9H20O3Si. The Hall–Kier alpha value is -0.163. The van der Waals surface area contributed by atoms with Crippen LogP contribution in [0.4, 0.5) is 0 Å². The fraction of sp³-hybridized carbons (Fsp3) is 0.778. The van der Waals surface area contributed by atoms with E-state index in [2.05, 4.69) is 19.1 Å². The van der Waals surface area contributed by atoms with Crippen LogP contribution >= 0.6 is 0 Å². The van der Waals surface area contributed by atoms with Gasteiger partial charge in [-0.1, -0.05) is 25.5 Å². The van der Waals surface area contributed by atoms with E-state index in [9.17, 15) is 0 Å². The predicted octanol–water partition coefficient (Wildman–Crippen LogP) is 2.22. The quantitative estimate of drug-likeness (QED) is 0.470. The molecule has 0 rings (SSSR count). The lowest BCUT2D eigenvalue weighted by atomic mass is 10.3. The summed E-state index contributed by atoms with van der Waals surface area (Å²) in [7, 11) is 2.54. The molecule has 0 aliphatic carbocycles. The van der Waals surface area contributed by atoms with Gasteiger partial charge in [0.2, 0.25) is 0 Å². The number of unbranched alkanes of at least 4 members (excludes halogenated alkanes) is 1. The summed E-state index contributed by atoms with van der Waals surface area (Å²) in [4.78, 5) is 0. The van der Waals surface area contributed by atoms with Crippen molar-refractivity contribution in [3.05, 3.63) is 12.2 Å². The topological polar surface area (TPSA) is 27.7 Å². The molecule has 0 aromatic rings. The van der Waals surface area contributed by atoms with E-state index in [1.54, 1.807) is 21.3 Å². The molecule has 0 saturated heterocycles. The third-order valence-corrected chi connectivity index (χ3v) is 4.52. The fourth-order valence-electron chi connectivity index (χ4n) is 1.01. The Kier molecular flexibility index (Phi) is 7.17. The summed E-state index contributed by atoms with van der Waals surface area (Å²) in [5, 5.41) is 0. The standard InChI is InChI=1S/C9H20O3Si/c1-5-6-7-8-9-13(10-2,11-3)12-4/h7-8H,5-6,9H2,1-4H3/b8-7+. The molecular weight excluding hydrogens is 184 g/mol. The molecule has 13 heavy (non-hydrogen) atoms. The molecule has 4 heteroatoms. The van der Waals surface area contributed by atoms with E-state index in [1.165, 1.54) is 0 Å². The second-order valence-corrected chi connectivity index (χ2v) is 5.76. The molecule has 0 heterocycles. The fourth-order valence-corrected chi connectivity index (χ4v) is 2.47. The summed E-state index contributed by atoms with van der Waals surface area (Å²) in [6, 6.07) is 0.747. The Morgan fingerprint density at radius 3 is 1.92 bits per heavy atom. The molecule has 0 aliphatic heterocycles. The Labute approximate surface area is 82.1 Å². The number of hydrogen-bond donors (Lipinski definition) is 0. The minimum Gasteiger partial charge on any atom is -0.377 e. The maximum Gasteiger partial charge on any atom is 0.504 e. The van der Waals surface area contributed by atoms with Crippen molar-refractivity contribution in [3.8, 4) is 0 Å². The Morgan fingerprint density at radius 2 is 1.54 bits per heavy atom. The van der Waals surface area contributed by atoms with Crippen LogP contribution in [0.15, 0.2) is 12.2 Å². The van der Waals surface area contributed by atoms with Gasteiger partial charge in [-0.25, -0.2) is 0 Å². The highest BCUT2D eigenvalue weighted by atomic mass is 28.4. The second kappa shape index (κ2) is 7.26. The van der Waals surface area contributed by atoms with E-state index in [0.717, 1.165) is 18.9 Å². The maximum atomic E-state index is 5.26. The van der Waals surface area contributed by atoms with Crippen LogP contribution in [0, 0.1) is 0 Å². The van der Waals surface area contributed by atoms with Crippen molar-refractivity contribution in [1.82, 2.24) is 0 Å². The van der Waals surface area contributed by atoms with Crippen LogP contribution in [0.3, 0.4) is 0 Å². The van der Waals surface area contributed by atoms with Crippen molar-refractivity contribution >= 4 is 8.80 Å². The van der Waals surface area contributed by atoms with Gasteiger partial charge in [-0.15, -0.1) is 0 Å². The molecule has 0 N–H and O–H groups in total. The minimum atomic E-state index is -2.35. The van der Waals surface area contributed by atoms with Gasteiger partial charge in [0.1, 0.15) is 0 Å². The van der Waals surface area contributed by atoms with Crippen LogP contribution < -0.4 is 0 Å². The van der Waals surface area contributed by atoms with Crippen molar-refractivity contribution in [1.29, 1.82) is 0 Å². The van der Waals surface area contributed by atoms with Crippen LogP contribution in [0.5, 0.6) is 0 Å². The molecule has 0 aliphatic rings. The normalized spacial score (nSPS) is 12.6. The van der Waals surface area contributed by atoms with Crippen molar-refractivity contribution in [3.63, 3.8) is 0 Å². The average molecular weight is 204 g/mol. The van der Waals surface area contributed by atoms with Crippen molar-refractivity contribution < 1.29 is 13.3 Å². The highest BCUT2D eigenvalue weighted by molar-refractivity contribution is 6.61. The van der Waals surface area contributed by atoms with E-state index in [-0.39, 0.29) is 0 Å². The van der Waals surface area contributed by atoms with E-state index >= 15 is 0 Å². The van der Waals surface area contributed by atoms with Gasteiger partial charge in [-0.05, 0) is 6.42 Å². The zero-order chi connectivity index (χ0) is 10.2. The smallest absolute Gasteiger partial charge is 0.377 e. The molecule has 0 atom stereocenters. The monoisotopic (exact) mass is 204 g/mol. The summed E-state index contributed by atoms with van der Waals surface area (Å²) in [5.41, 5.74) is 0. The zero-order valence-corrected chi connectivity index (χ0v) is 10.0. The highest BCUT2D eigenvalue weighted by Gasteiger charge is 2.35.